The molecule has 1 aliphatic rings. The van der Waals surface area contributed by atoms with Crippen molar-refractivity contribution in [3.05, 3.63) is 33.8 Å². The maximum Gasteiger partial charge on any atom is 0.416 e. The van der Waals surface area contributed by atoms with Gasteiger partial charge in [0.2, 0.25) is 0 Å². The van der Waals surface area contributed by atoms with Gasteiger partial charge in [-0.2, -0.15) is 13.2 Å². The van der Waals surface area contributed by atoms with E-state index in [4.69, 9.17) is 0 Å². The molecule has 0 spiro atoms. The average Bonchev–Trinajstić information content (AvgIpc) is 2.63. The molecule has 7 heteroatoms. The van der Waals surface area contributed by atoms with Gasteiger partial charge in [0.15, 0.2) is 0 Å². The molecule has 1 N–H and O–H groups in total. The van der Waals surface area contributed by atoms with Crippen molar-refractivity contribution in [1.29, 1.82) is 0 Å². The number of hydrogen-bond donors (Lipinski definition) is 1. The van der Waals surface area contributed by atoms with Crippen LogP contribution in [0, 0.1) is 0 Å². The molecule has 0 saturated carbocycles. The lowest BCUT2D eigenvalue weighted by atomic mass is 10.0. The number of alkyl halides is 3. The highest BCUT2D eigenvalue weighted by Crippen LogP contribution is 2.34. The maximum absolute atomic E-state index is 12.5. The van der Waals surface area contributed by atoms with E-state index in [0.717, 1.165) is 12.1 Å². The summed E-state index contributed by atoms with van der Waals surface area (Å²) in [5.41, 5.74) is -0.400. The summed E-state index contributed by atoms with van der Waals surface area (Å²) in [5.74, 6) is 0. The van der Waals surface area contributed by atoms with E-state index in [9.17, 15) is 18.0 Å². The Morgan fingerprint density at radius 2 is 2.12 bits per heavy atom. The van der Waals surface area contributed by atoms with Crippen LogP contribution in [-0.4, -0.2) is 12.7 Å². The Balaban J connectivity index is 2.36. The molecular weight excluding hydrogens is 303 g/mol. The molecule has 1 fully saturated rings. The molecule has 0 aromatic heterocycles. The van der Waals surface area contributed by atoms with Crippen molar-refractivity contribution >= 4 is 22.0 Å². The Morgan fingerprint density at radius 3 is 2.65 bits per heavy atom. The Kier molecular flexibility index (Phi) is 3.03. The van der Waals surface area contributed by atoms with Crippen LogP contribution < -0.4 is 5.32 Å². The number of hydrogen-bond acceptors (Lipinski definition) is 2. The normalized spacial score (nSPS) is 20.0. The van der Waals surface area contributed by atoms with Gasteiger partial charge in [0.1, 0.15) is 6.61 Å². The van der Waals surface area contributed by atoms with E-state index in [1.54, 1.807) is 0 Å². The van der Waals surface area contributed by atoms with Crippen molar-refractivity contribution in [1.82, 2.24) is 5.32 Å². The van der Waals surface area contributed by atoms with Crippen LogP contribution in [0.15, 0.2) is 22.7 Å². The van der Waals surface area contributed by atoms with Crippen LogP contribution in [0.4, 0.5) is 18.0 Å². The van der Waals surface area contributed by atoms with E-state index in [0.29, 0.717) is 10.0 Å². The van der Waals surface area contributed by atoms with Crippen LogP contribution in [0.1, 0.15) is 17.2 Å². The van der Waals surface area contributed by atoms with Crippen molar-refractivity contribution in [2.45, 2.75) is 12.2 Å². The topological polar surface area (TPSA) is 38.3 Å². The van der Waals surface area contributed by atoms with E-state index in [1.165, 1.54) is 6.07 Å². The highest BCUT2D eigenvalue weighted by molar-refractivity contribution is 9.10. The molecule has 0 bridgehead atoms. The van der Waals surface area contributed by atoms with Crippen molar-refractivity contribution in [2.24, 2.45) is 0 Å². The molecule has 3 nitrogen and oxygen atoms in total. The highest BCUT2D eigenvalue weighted by Gasteiger charge is 2.33. The molecule has 0 unspecified atom stereocenters. The van der Waals surface area contributed by atoms with E-state index in [1.807, 2.05) is 0 Å². The lowest BCUT2D eigenvalue weighted by Crippen LogP contribution is -2.19. The van der Waals surface area contributed by atoms with E-state index < -0.39 is 23.9 Å². The number of carbonyl (C=O) groups excluding carboxylic acids is 1. The number of halogens is 4. The number of alkyl carbamates (subject to hydrolysis) is 1. The quantitative estimate of drug-likeness (QED) is 0.865. The second kappa shape index (κ2) is 4.21. The first-order valence-corrected chi connectivity index (χ1v) is 5.47. The van der Waals surface area contributed by atoms with Gasteiger partial charge >= 0.3 is 12.3 Å². The van der Waals surface area contributed by atoms with Crippen molar-refractivity contribution in [3.8, 4) is 0 Å². The highest BCUT2D eigenvalue weighted by atomic mass is 79.9. The average molecular weight is 310 g/mol. The van der Waals surface area contributed by atoms with Gasteiger partial charge < -0.3 is 10.1 Å². The van der Waals surface area contributed by atoms with Gasteiger partial charge in [-0.15, -0.1) is 0 Å². The minimum absolute atomic E-state index is 0.0265. The Labute approximate surface area is 103 Å². The van der Waals surface area contributed by atoms with Gasteiger partial charge in [-0.25, -0.2) is 4.79 Å². The van der Waals surface area contributed by atoms with Gasteiger partial charge in [0, 0.05) is 4.47 Å². The van der Waals surface area contributed by atoms with Gasteiger partial charge in [-0.3, -0.25) is 0 Å². The summed E-state index contributed by atoms with van der Waals surface area (Å²) >= 11 is 3.15. The van der Waals surface area contributed by atoms with Crippen molar-refractivity contribution < 1.29 is 22.7 Å². The minimum atomic E-state index is -4.40. The largest absolute Gasteiger partial charge is 0.447 e. The summed E-state index contributed by atoms with van der Waals surface area (Å²) in [6.45, 7) is 0.0265. The van der Waals surface area contributed by atoms with Crippen LogP contribution >= 0.6 is 15.9 Å². The standard InChI is InChI=1S/C10H7BrF3NO2/c11-7-2-1-5(10(12,13)14)3-6(7)8-4-17-9(16)15-8/h1-3,8H,4H2,(H,15,16)/t8-/m0/s1. The molecule has 0 aliphatic carbocycles. The number of nitrogens with one attached hydrogen (secondary N) is 1. The minimum Gasteiger partial charge on any atom is -0.447 e. The summed E-state index contributed by atoms with van der Waals surface area (Å²) in [4.78, 5) is 10.8. The SMILES string of the molecule is O=C1N[C@H](c2cc(C(F)(F)F)ccc2Br)CO1. The predicted molar refractivity (Wildman–Crippen MR) is 56.4 cm³/mol. The summed E-state index contributed by atoms with van der Waals surface area (Å²) in [6.07, 6.45) is -5.03. The van der Waals surface area contributed by atoms with E-state index in [2.05, 4.69) is 26.0 Å². The molecule has 92 valence electrons. The summed E-state index contributed by atoms with van der Waals surface area (Å²) in [7, 11) is 0. The van der Waals surface area contributed by atoms with Crippen LogP contribution in [0.5, 0.6) is 0 Å². The fourth-order valence-corrected chi connectivity index (χ4v) is 2.06. The van der Waals surface area contributed by atoms with Crippen LogP contribution in [0.2, 0.25) is 0 Å². The molecule has 1 aromatic carbocycles. The lowest BCUT2D eigenvalue weighted by molar-refractivity contribution is -0.137. The monoisotopic (exact) mass is 309 g/mol. The van der Waals surface area contributed by atoms with Gasteiger partial charge in [0.05, 0.1) is 11.6 Å². The van der Waals surface area contributed by atoms with Gasteiger partial charge in [0.25, 0.3) is 0 Å². The van der Waals surface area contributed by atoms with Crippen molar-refractivity contribution in [3.63, 3.8) is 0 Å². The zero-order valence-corrected chi connectivity index (χ0v) is 9.93. The zero-order valence-electron chi connectivity index (χ0n) is 8.34. The molecule has 1 saturated heterocycles. The molecule has 1 aliphatic heterocycles. The molecular formula is C10H7BrF3NO2. The second-order valence-corrected chi connectivity index (χ2v) is 4.38. The third kappa shape index (κ3) is 2.54. The molecule has 1 atom stereocenters. The van der Waals surface area contributed by atoms with Crippen LogP contribution in [0.25, 0.3) is 0 Å². The Morgan fingerprint density at radius 1 is 1.41 bits per heavy atom. The van der Waals surface area contributed by atoms with Crippen LogP contribution in [-0.2, 0) is 10.9 Å². The molecule has 1 heterocycles. The number of cyclic esters (lactones) is 1. The first-order valence-electron chi connectivity index (χ1n) is 4.68. The molecule has 0 radical (unpaired) electrons. The second-order valence-electron chi connectivity index (χ2n) is 3.53. The van der Waals surface area contributed by atoms with Gasteiger partial charge in [-0.1, -0.05) is 15.9 Å². The third-order valence-electron chi connectivity index (χ3n) is 2.37. The molecule has 1 amide bonds. The number of rotatable bonds is 1. The van der Waals surface area contributed by atoms with E-state index in [-0.39, 0.29) is 6.61 Å². The fourth-order valence-electron chi connectivity index (χ4n) is 1.54. The van der Waals surface area contributed by atoms with Crippen molar-refractivity contribution in [2.75, 3.05) is 6.61 Å². The summed E-state index contributed by atoms with van der Waals surface area (Å²) in [5, 5.41) is 2.43. The summed E-state index contributed by atoms with van der Waals surface area (Å²) < 4.78 is 42.7. The lowest BCUT2D eigenvalue weighted by Gasteiger charge is -2.13. The maximum atomic E-state index is 12.5. The summed E-state index contributed by atoms with van der Waals surface area (Å²) in [6, 6.07) is 2.73. The number of ether oxygens (including phenoxy) is 1. The fraction of sp³-hybridized carbons (Fsp3) is 0.300. The van der Waals surface area contributed by atoms with Gasteiger partial charge in [-0.05, 0) is 23.8 Å². The number of carbonyl (C=O) groups is 1. The zero-order chi connectivity index (χ0) is 12.6. The Bertz CT molecular complexity index is 461. The first kappa shape index (κ1) is 12.2. The molecule has 1 aromatic rings. The molecule has 17 heavy (non-hydrogen) atoms. The Hall–Kier alpha value is -1.24. The third-order valence-corrected chi connectivity index (χ3v) is 3.09. The number of amides is 1. The van der Waals surface area contributed by atoms with E-state index >= 15 is 0 Å². The van der Waals surface area contributed by atoms with Crippen LogP contribution in [0.3, 0.4) is 0 Å². The first-order chi connectivity index (χ1) is 7.88. The smallest absolute Gasteiger partial charge is 0.416 e. The predicted octanol–water partition coefficient (Wildman–Crippen LogP) is 3.25. The molecule has 2 rings (SSSR count). The number of benzene rings is 1.